The van der Waals surface area contributed by atoms with Gasteiger partial charge in [0.15, 0.2) is 0 Å². The maximum absolute atomic E-state index is 11.6. The number of piperidine rings is 1. The molecule has 104 valence electrons. The van der Waals surface area contributed by atoms with Crippen LogP contribution in [-0.4, -0.2) is 48.8 Å². The van der Waals surface area contributed by atoms with Gasteiger partial charge in [-0.1, -0.05) is 13.8 Å². The molecule has 2 fully saturated rings. The maximum atomic E-state index is 11.6. The third-order valence-corrected chi connectivity index (χ3v) is 4.37. The zero-order chi connectivity index (χ0) is 13.2. The molecule has 0 aromatic rings. The fraction of sp³-hybridized carbons (Fsp3) is 0.929. The first-order valence-corrected chi connectivity index (χ1v) is 7.05. The van der Waals surface area contributed by atoms with Gasteiger partial charge in [0, 0.05) is 32.8 Å². The fourth-order valence-corrected chi connectivity index (χ4v) is 3.55. The van der Waals surface area contributed by atoms with E-state index in [0.29, 0.717) is 44.4 Å². The molecule has 0 saturated carbocycles. The first-order chi connectivity index (χ1) is 8.52. The molecule has 2 rings (SSSR count). The van der Waals surface area contributed by atoms with Gasteiger partial charge in [-0.05, 0) is 31.1 Å². The monoisotopic (exact) mass is 255 g/mol. The Morgan fingerprint density at radius 1 is 1.28 bits per heavy atom. The molecular weight excluding hydrogens is 230 g/mol. The lowest BCUT2D eigenvalue weighted by Crippen LogP contribution is -2.50. The highest BCUT2D eigenvalue weighted by molar-refractivity contribution is 5.75. The average Bonchev–Trinajstić information content (AvgIpc) is 2.28. The van der Waals surface area contributed by atoms with Crippen molar-refractivity contribution in [2.24, 2.45) is 17.3 Å². The Labute approximate surface area is 109 Å². The third kappa shape index (κ3) is 3.04. The van der Waals surface area contributed by atoms with Crippen molar-refractivity contribution >= 4 is 5.97 Å². The van der Waals surface area contributed by atoms with E-state index in [-0.39, 0.29) is 0 Å². The van der Waals surface area contributed by atoms with Gasteiger partial charge in [0.1, 0.15) is 0 Å². The second kappa shape index (κ2) is 5.57. The number of carboxylic acid groups (broad SMARTS) is 1. The second-order valence-corrected chi connectivity index (χ2v) is 6.34. The van der Waals surface area contributed by atoms with Gasteiger partial charge in [0.05, 0.1) is 5.41 Å². The summed E-state index contributed by atoms with van der Waals surface area (Å²) in [4.78, 5) is 14.0. The number of likely N-dealkylation sites (tertiary alicyclic amines) is 1. The van der Waals surface area contributed by atoms with Gasteiger partial charge in [-0.25, -0.2) is 0 Å². The standard InChI is InChI=1S/C14H25NO3/c1-11-7-12(2)9-15(8-11)10-14(13(16)17)3-5-18-6-4-14/h11-12H,3-10H2,1-2H3,(H,16,17). The van der Waals surface area contributed by atoms with Gasteiger partial charge >= 0.3 is 5.97 Å². The highest BCUT2D eigenvalue weighted by atomic mass is 16.5. The van der Waals surface area contributed by atoms with Crippen molar-refractivity contribution in [3.8, 4) is 0 Å². The van der Waals surface area contributed by atoms with E-state index in [0.717, 1.165) is 13.1 Å². The highest BCUT2D eigenvalue weighted by Gasteiger charge is 2.42. The van der Waals surface area contributed by atoms with Crippen LogP contribution in [0.5, 0.6) is 0 Å². The zero-order valence-corrected chi connectivity index (χ0v) is 11.5. The maximum Gasteiger partial charge on any atom is 0.311 e. The molecule has 0 radical (unpaired) electrons. The van der Waals surface area contributed by atoms with Crippen molar-refractivity contribution in [1.82, 2.24) is 4.90 Å². The number of rotatable bonds is 3. The van der Waals surface area contributed by atoms with Crippen LogP contribution in [0, 0.1) is 17.3 Å². The van der Waals surface area contributed by atoms with E-state index in [2.05, 4.69) is 18.7 Å². The van der Waals surface area contributed by atoms with Crippen LogP contribution in [0.3, 0.4) is 0 Å². The summed E-state index contributed by atoms with van der Waals surface area (Å²) < 4.78 is 5.32. The molecule has 18 heavy (non-hydrogen) atoms. The molecule has 1 N–H and O–H groups in total. The molecule has 0 spiro atoms. The number of hydrogen-bond donors (Lipinski definition) is 1. The molecule has 4 nitrogen and oxygen atoms in total. The molecule has 0 aromatic carbocycles. The Morgan fingerprint density at radius 3 is 2.33 bits per heavy atom. The number of carboxylic acids is 1. The molecule has 2 atom stereocenters. The van der Waals surface area contributed by atoms with Gasteiger partial charge in [0.25, 0.3) is 0 Å². The van der Waals surface area contributed by atoms with E-state index < -0.39 is 11.4 Å². The fourth-order valence-electron chi connectivity index (χ4n) is 3.55. The van der Waals surface area contributed by atoms with E-state index in [1.807, 2.05) is 0 Å². The van der Waals surface area contributed by atoms with Crippen LogP contribution >= 0.6 is 0 Å². The van der Waals surface area contributed by atoms with Crippen molar-refractivity contribution in [2.75, 3.05) is 32.8 Å². The van der Waals surface area contributed by atoms with Crippen LogP contribution < -0.4 is 0 Å². The smallest absolute Gasteiger partial charge is 0.311 e. The lowest BCUT2D eigenvalue weighted by Gasteiger charge is -2.42. The number of aliphatic carboxylic acids is 1. The molecule has 4 heteroatoms. The van der Waals surface area contributed by atoms with E-state index in [9.17, 15) is 9.90 Å². The largest absolute Gasteiger partial charge is 0.481 e. The molecule has 0 aliphatic carbocycles. The molecule has 2 unspecified atom stereocenters. The van der Waals surface area contributed by atoms with Gasteiger partial charge in [-0.3, -0.25) is 4.79 Å². The molecule has 0 bridgehead atoms. The van der Waals surface area contributed by atoms with E-state index in [1.165, 1.54) is 6.42 Å². The first kappa shape index (κ1) is 13.8. The molecule has 2 aliphatic rings. The molecule has 2 saturated heterocycles. The Bertz CT molecular complexity index is 289. The van der Waals surface area contributed by atoms with Crippen molar-refractivity contribution in [3.05, 3.63) is 0 Å². The Kier molecular flexibility index (Phi) is 4.28. The SMILES string of the molecule is CC1CC(C)CN(CC2(C(=O)O)CCOCC2)C1. The van der Waals surface area contributed by atoms with Gasteiger partial charge in [0.2, 0.25) is 0 Å². The van der Waals surface area contributed by atoms with Crippen LogP contribution in [0.1, 0.15) is 33.1 Å². The number of hydrogen-bond acceptors (Lipinski definition) is 3. The van der Waals surface area contributed by atoms with Crippen molar-refractivity contribution < 1.29 is 14.6 Å². The topological polar surface area (TPSA) is 49.8 Å². The summed E-state index contributed by atoms with van der Waals surface area (Å²) in [5, 5.41) is 9.57. The summed E-state index contributed by atoms with van der Waals surface area (Å²) in [5.41, 5.74) is -0.574. The van der Waals surface area contributed by atoms with Crippen molar-refractivity contribution in [1.29, 1.82) is 0 Å². The Morgan fingerprint density at radius 2 is 1.83 bits per heavy atom. The van der Waals surface area contributed by atoms with Crippen molar-refractivity contribution in [2.45, 2.75) is 33.1 Å². The highest BCUT2D eigenvalue weighted by Crippen LogP contribution is 2.34. The minimum Gasteiger partial charge on any atom is -0.481 e. The molecular formula is C14H25NO3. The van der Waals surface area contributed by atoms with Gasteiger partial charge < -0.3 is 14.7 Å². The summed E-state index contributed by atoms with van der Waals surface area (Å²) in [7, 11) is 0. The van der Waals surface area contributed by atoms with Crippen LogP contribution in [0.25, 0.3) is 0 Å². The van der Waals surface area contributed by atoms with Crippen LogP contribution in [0.15, 0.2) is 0 Å². The second-order valence-electron chi connectivity index (χ2n) is 6.34. The quantitative estimate of drug-likeness (QED) is 0.836. The predicted octanol–water partition coefficient (Wildman–Crippen LogP) is 1.85. The number of carbonyl (C=O) groups is 1. The lowest BCUT2D eigenvalue weighted by atomic mass is 9.78. The summed E-state index contributed by atoms with van der Waals surface area (Å²) in [5.74, 6) is 0.718. The number of nitrogens with zero attached hydrogens (tertiary/aromatic N) is 1. The van der Waals surface area contributed by atoms with Crippen molar-refractivity contribution in [3.63, 3.8) is 0 Å². The Balaban J connectivity index is 2.02. The van der Waals surface area contributed by atoms with Crippen LogP contribution in [-0.2, 0) is 9.53 Å². The van der Waals surface area contributed by atoms with Gasteiger partial charge in [-0.15, -0.1) is 0 Å². The minimum absolute atomic E-state index is 0.574. The molecule has 2 heterocycles. The summed E-state index contributed by atoms with van der Waals surface area (Å²) >= 11 is 0. The first-order valence-electron chi connectivity index (χ1n) is 7.05. The lowest BCUT2D eigenvalue weighted by molar-refractivity contribution is -0.157. The minimum atomic E-state index is -0.642. The third-order valence-electron chi connectivity index (χ3n) is 4.37. The molecule has 2 aliphatic heterocycles. The predicted molar refractivity (Wildman–Crippen MR) is 69.5 cm³/mol. The van der Waals surface area contributed by atoms with E-state index in [1.54, 1.807) is 0 Å². The van der Waals surface area contributed by atoms with Crippen LogP contribution in [0.2, 0.25) is 0 Å². The summed E-state index contributed by atoms with van der Waals surface area (Å²) in [6.45, 7) is 8.48. The molecule has 0 aromatic heterocycles. The number of ether oxygens (including phenoxy) is 1. The van der Waals surface area contributed by atoms with E-state index in [4.69, 9.17) is 4.74 Å². The van der Waals surface area contributed by atoms with Gasteiger partial charge in [-0.2, -0.15) is 0 Å². The average molecular weight is 255 g/mol. The van der Waals surface area contributed by atoms with E-state index >= 15 is 0 Å². The summed E-state index contributed by atoms with van der Waals surface area (Å²) in [6, 6.07) is 0. The molecule has 0 amide bonds. The van der Waals surface area contributed by atoms with Crippen LogP contribution in [0.4, 0.5) is 0 Å². The zero-order valence-electron chi connectivity index (χ0n) is 11.5. The Hall–Kier alpha value is -0.610. The summed E-state index contributed by atoms with van der Waals surface area (Å²) in [6.07, 6.45) is 2.57. The normalized spacial score (nSPS) is 33.2.